The summed E-state index contributed by atoms with van der Waals surface area (Å²) in [5, 5.41) is 4.02. The van der Waals surface area contributed by atoms with Gasteiger partial charge in [0.2, 0.25) is 0 Å². The third-order valence-electron chi connectivity index (χ3n) is 3.90. The summed E-state index contributed by atoms with van der Waals surface area (Å²) in [6, 6.07) is 15.8. The Balaban J connectivity index is 1.48. The van der Waals surface area contributed by atoms with Crippen LogP contribution in [-0.4, -0.2) is 31.6 Å². The fourth-order valence-corrected chi connectivity index (χ4v) is 3.68. The van der Waals surface area contributed by atoms with Gasteiger partial charge in [0.25, 0.3) is 5.91 Å². The topological polar surface area (TPSA) is 55.7 Å². The zero-order valence-corrected chi connectivity index (χ0v) is 15.2. The number of quaternary nitrogens is 1. The number of hydrogen-bond acceptors (Lipinski definition) is 4. The molecular weight excluding hydrogens is 334 g/mol. The molecule has 3 aromatic rings. The minimum atomic E-state index is 0.0365. The Labute approximate surface area is 151 Å². The van der Waals surface area contributed by atoms with Crippen molar-refractivity contribution in [1.29, 1.82) is 0 Å². The van der Waals surface area contributed by atoms with E-state index in [0.29, 0.717) is 13.1 Å². The van der Waals surface area contributed by atoms with Crippen LogP contribution in [0.2, 0.25) is 0 Å². The molecule has 0 aliphatic carbocycles. The molecule has 1 amide bonds. The average molecular weight is 356 g/mol. The summed E-state index contributed by atoms with van der Waals surface area (Å²) >= 11 is 1.69. The summed E-state index contributed by atoms with van der Waals surface area (Å²) in [7, 11) is 3.65. The lowest BCUT2D eigenvalue weighted by molar-refractivity contribution is -0.885. The number of likely N-dealkylation sites (N-methyl/N-ethyl adjacent to an activating group) is 1. The number of thiazole rings is 1. The molecule has 0 aliphatic rings. The quantitative estimate of drug-likeness (QED) is 0.677. The molecule has 1 unspecified atom stereocenters. The molecule has 0 saturated carbocycles. The van der Waals surface area contributed by atoms with E-state index >= 15 is 0 Å². The molecule has 1 atom stereocenters. The molecule has 2 N–H and O–H groups in total. The SMILES string of the molecule is COc1ccc(CNC(=O)C[NH+](C)Cc2nc3ccccc3s2)cc1. The van der Waals surface area contributed by atoms with E-state index in [1.165, 1.54) is 4.70 Å². The minimum absolute atomic E-state index is 0.0365. The lowest BCUT2D eigenvalue weighted by atomic mass is 10.2. The van der Waals surface area contributed by atoms with Gasteiger partial charge in [-0.1, -0.05) is 24.3 Å². The number of ether oxygens (including phenoxy) is 1. The van der Waals surface area contributed by atoms with E-state index in [9.17, 15) is 4.79 Å². The fourth-order valence-electron chi connectivity index (χ4n) is 2.60. The summed E-state index contributed by atoms with van der Waals surface area (Å²) < 4.78 is 6.32. The van der Waals surface area contributed by atoms with E-state index < -0.39 is 0 Å². The molecule has 0 radical (unpaired) electrons. The first kappa shape index (κ1) is 17.4. The monoisotopic (exact) mass is 356 g/mol. The van der Waals surface area contributed by atoms with Crippen molar-refractivity contribution in [3.8, 4) is 5.75 Å². The summed E-state index contributed by atoms with van der Waals surface area (Å²) in [6.45, 7) is 1.69. The first-order valence-electron chi connectivity index (χ1n) is 8.19. The van der Waals surface area contributed by atoms with Crippen molar-refractivity contribution in [3.05, 3.63) is 59.1 Å². The Morgan fingerprint density at radius 3 is 2.68 bits per heavy atom. The molecule has 1 aromatic heterocycles. The van der Waals surface area contributed by atoms with E-state index in [1.807, 2.05) is 49.5 Å². The third-order valence-corrected chi connectivity index (χ3v) is 4.94. The Kier molecular flexibility index (Phi) is 5.63. The first-order valence-corrected chi connectivity index (χ1v) is 9.01. The zero-order valence-electron chi connectivity index (χ0n) is 14.4. The Morgan fingerprint density at radius 1 is 1.20 bits per heavy atom. The Morgan fingerprint density at radius 2 is 1.96 bits per heavy atom. The highest BCUT2D eigenvalue weighted by molar-refractivity contribution is 7.18. The average Bonchev–Trinajstić information content (AvgIpc) is 3.02. The van der Waals surface area contributed by atoms with Crippen molar-refractivity contribution in [2.45, 2.75) is 13.1 Å². The van der Waals surface area contributed by atoms with Crippen LogP contribution >= 0.6 is 11.3 Å². The van der Waals surface area contributed by atoms with Crippen molar-refractivity contribution < 1.29 is 14.4 Å². The van der Waals surface area contributed by atoms with E-state index in [0.717, 1.165) is 33.3 Å². The number of rotatable bonds is 7. The van der Waals surface area contributed by atoms with Crippen molar-refractivity contribution in [2.75, 3.05) is 20.7 Å². The Bertz CT molecular complexity index is 812. The molecule has 130 valence electrons. The second-order valence-corrected chi connectivity index (χ2v) is 7.13. The second kappa shape index (κ2) is 8.09. The van der Waals surface area contributed by atoms with Gasteiger partial charge in [0.1, 0.15) is 17.3 Å². The maximum atomic E-state index is 12.1. The zero-order chi connectivity index (χ0) is 17.6. The van der Waals surface area contributed by atoms with Gasteiger partial charge in [-0.15, -0.1) is 11.3 Å². The normalized spacial score (nSPS) is 12.1. The van der Waals surface area contributed by atoms with Gasteiger partial charge in [0, 0.05) is 6.54 Å². The molecule has 1 heterocycles. The minimum Gasteiger partial charge on any atom is -0.497 e. The van der Waals surface area contributed by atoms with Crippen LogP contribution in [0.1, 0.15) is 10.6 Å². The fraction of sp³-hybridized carbons (Fsp3) is 0.263. The molecular formula is C19H22N3O2S+. The number of nitrogens with zero attached hydrogens (tertiary/aromatic N) is 1. The molecule has 0 bridgehead atoms. The molecule has 25 heavy (non-hydrogen) atoms. The van der Waals surface area contributed by atoms with Crippen LogP contribution in [0.4, 0.5) is 0 Å². The Hall–Kier alpha value is -2.44. The molecule has 2 aromatic carbocycles. The van der Waals surface area contributed by atoms with Crippen LogP contribution in [0, 0.1) is 0 Å². The molecule has 0 aliphatic heterocycles. The van der Waals surface area contributed by atoms with E-state index in [-0.39, 0.29) is 5.91 Å². The number of amides is 1. The van der Waals surface area contributed by atoms with Crippen LogP contribution in [-0.2, 0) is 17.9 Å². The van der Waals surface area contributed by atoms with Crippen LogP contribution in [0.15, 0.2) is 48.5 Å². The van der Waals surface area contributed by atoms with Gasteiger partial charge in [-0.05, 0) is 29.8 Å². The van der Waals surface area contributed by atoms with Crippen LogP contribution in [0.25, 0.3) is 10.2 Å². The first-order chi connectivity index (χ1) is 12.1. The number of fused-ring (bicyclic) bond motifs is 1. The summed E-state index contributed by atoms with van der Waals surface area (Å²) in [4.78, 5) is 17.9. The maximum Gasteiger partial charge on any atom is 0.275 e. The van der Waals surface area contributed by atoms with Crippen molar-refractivity contribution in [1.82, 2.24) is 10.3 Å². The predicted octanol–water partition coefficient (Wildman–Crippen LogP) is 1.64. The van der Waals surface area contributed by atoms with Gasteiger partial charge in [0.15, 0.2) is 6.54 Å². The summed E-state index contributed by atoms with van der Waals surface area (Å²) in [5.41, 5.74) is 2.08. The number of para-hydroxylation sites is 1. The van der Waals surface area contributed by atoms with Crippen molar-refractivity contribution in [3.63, 3.8) is 0 Å². The van der Waals surface area contributed by atoms with E-state index in [2.05, 4.69) is 16.4 Å². The highest BCUT2D eigenvalue weighted by Crippen LogP contribution is 2.20. The summed E-state index contributed by atoms with van der Waals surface area (Å²) in [5.74, 6) is 0.851. The number of hydrogen-bond donors (Lipinski definition) is 2. The van der Waals surface area contributed by atoms with Crippen LogP contribution in [0.5, 0.6) is 5.75 Å². The lowest BCUT2D eigenvalue weighted by Crippen LogP contribution is -3.08. The molecule has 3 rings (SSSR count). The molecule has 6 heteroatoms. The number of methoxy groups -OCH3 is 1. The molecule has 5 nitrogen and oxygen atoms in total. The molecule has 0 fully saturated rings. The summed E-state index contributed by atoms with van der Waals surface area (Å²) in [6.07, 6.45) is 0. The third kappa shape index (κ3) is 4.78. The predicted molar refractivity (Wildman–Crippen MR) is 99.9 cm³/mol. The van der Waals surface area contributed by atoms with E-state index in [4.69, 9.17) is 4.74 Å². The largest absolute Gasteiger partial charge is 0.497 e. The van der Waals surface area contributed by atoms with Crippen molar-refractivity contribution >= 4 is 27.5 Å². The second-order valence-electron chi connectivity index (χ2n) is 6.01. The van der Waals surface area contributed by atoms with Gasteiger partial charge >= 0.3 is 0 Å². The highest BCUT2D eigenvalue weighted by Gasteiger charge is 2.13. The lowest BCUT2D eigenvalue weighted by Gasteiger charge is -2.12. The highest BCUT2D eigenvalue weighted by atomic mass is 32.1. The number of carbonyl (C=O) groups is 1. The van der Waals surface area contributed by atoms with E-state index in [1.54, 1.807) is 18.4 Å². The smallest absolute Gasteiger partial charge is 0.275 e. The maximum absolute atomic E-state index is 12.1. The van der Waals surface area contributed by atoms with Gasteiger partial charge in [-0.25, -0.2) is 4.98 Å². The van der Waals surface area contributed by atoms with Crippen molar-refractivity contribution in [2.24, 2.45) is 0 Å². The number of aromatic nitrogens is 1. The van der Waals surface area contributed by atoms with Crippen LogP contribution < -0.4 is 15.0 Å². The van der Waals surface area contributed by atoms with Crippen LogP contribution in [0.3, 0.4) is 0 Å². The molecule has 0 spiro atoms. The van der Waals surface area contributed by atoms with Gasteiger partial charge < -0.3 is 15.0 Å². The molecule has 0 saturated heterocycles. The number of nitrogens with one attached hydrogen (secondary N) is 2. The number of benzene rings is 2. The van der Waals surface area contributed by atoms with Gasteiger partial charge in [0.05, 0.1) is 24.4 Å². The standard InChI is InChI=1S/C19H21N3O2S/c1-22(13-19-21-16-5-3-4-6-17(16)25-19)12-18(23)20-11-14-7-9-15(24-2)10-8-14/h3-10H,11-13H2,1-2H3,(H,20,23)/p+1. The van der Waals surface area contributed by atoms with Gasteiger partial charge in [-0.3, -0.25) is 4.79 Å². The number of carbonyl (C=O) groups excluding carboxylic acids is 1. The van der Waals surface area contributed by atoms with Gasteiger partial charge in [-0.2, -0.15) is 0 Å².